The number of rotatable bonds is 4. The van der Waals surface area contributed by atoms with Crippen LogP contribution in [0.2, 0.25) is 0 Å². The minimum Gasteiger partial charge on any atom is -0.454 e. The number of benzene rings is 2. The van der Waals surface area contributed by atoms with Gasteiger partial charge in [-0.3, -0.25) is 4.79 Å². The molecule has 1 aliphatic heterocycles. The molecule has 1 heterocycles. The van der Waals surface area contributed by atoms with Crippen LogP contribution in [0.15, 0.2) is 48.5 Å². The van der Waals surface area contributed by atoms with Crippen molar-refractivity contribution in [1.82, 2.24) is 0 Å². The van der Waals surface area contributed by atoms with Gasteiger partial charge in [-0.25, -0.2) is 0 Å². The zero-order valence-corrected chi connectivity index (χ0v) is 12.8. The van der Waals surface area contributed by atoms with Crippen molar-refractivity contribution in [3.8, 4) is 11.5 Å². The Morgan fingerprint density at radius 1 is 1.14 bits per heavy atom. The number of aryl methyl sites for hydroxylation is 1. The number of hydrogen-bond donors (Lipinski definition) is 0. The Kier molecular flexibility index (Phi) is 3.96. The van der Waals surface area contributed by atoms with Crippen LogP contribution in [0, 0.1) is 6.92 Å². The maximum Gasteiger partial charge on any atom is 0.231 e. The van der Waals surface area contributed by atoms with Gasteiger partial charge in [-0.1, -0.05) is 30.3 Å². The first-order valence-electron chi connectivity index (χ1n) is 7.29. The van der Waals surface area contributed by atoms with Crippen LogP contribution in [0.3, 0.4) is 0 Å². The molecule has 0 amide bonds. The summed E-state index contributed by atoms with van der Waals surface area (Å²) >= 11 is 0. The average Bonchev–Trinajstić information content (AvgIpc) is 2.94. The van der Waals surface area contributed by atoms with E-state index in [0.29, 0.717) is 6.42 Å². The van der Waals surface area contributed by atoms with E-state index in [4.69, 9.17) is 9.47 Å². The van der Waals surface area contributed by atoms with E-state index < -0.39 is 0 Å². The minimum absolute atomic E-state index is 0.0546. The van der Waals surface area contributed by atoms with E-state index in [9.17, 15) is 4.79 Å². The van der Waals surface area contributed by atoms with Crippen LogP contribution in [0.4, 0.5) is 0 Å². The Morgan fingerprint density at radius 2 is 1.91 bits per heavy atom. The number of allylic oxidation sites excluding steroid dienone is 2. The summed E-state index contributed by atoms with van der Waals surface area (Å²) in [7, 11) is 0. The topological polar surface area (TPSA) is 35.5 Å². The number of carbonyl (C=O) groups excluding carboxylic acids is 1. The number of fused-ring (bicyclic) bond motifs is 1. The van der Waals surface area contributed by atoms with Gasteiger partial charge in [0.15, 0.2) is 17.3 Å². The lowest BCUT2D eigenvalue weighted by Gasteiger charge is -2.11. The molecule has 0 bridgehead atoms. The smallest absolute Gasteiger partial charge is 0.231 e. The maximum absolute atomic E-state index is 11.6. The third-order valence-corrected chi connectivity index (χ3v) is 3.70. The van der Waals surface area contributed by atoms with Crippen molar-refractivity contribution < 1.29 is 14.3 Å². The monoisotopic (exact) mass is 294 g/mol. The van der Waals surface area contributed by atoms with E-state index in [0.717, 1.165) is 33.8 Å². The predicted octanol–water partition coefficient (Wildman–Crippen LogP) is 3.94. The molecule has 22 heavy (non-hydrogen) atoms. The van der Waals surface area contributed by atoms with Crippen LogP contribution in [0.5, 0.6) is 11.5 Å². The molecule has 0 aliphatic carbocycles. The fourth-order valence-corrected chi connectivity index (χ4v) is 2.67. The summed E-state index contributed by atoms with van der Waals surface area (Å²) in [6.45, 7) is 3.91. The highest BCUT2D eigenvalue weighted by atomic mass is 16.7. The molecule has 0 saturated heterocycles. The summed E-state index contributed by atoms with van der Waals surface area (Å²) in [5.74, 6) is 1.60. The molecule has 0 unspecified atom stereocenters. The molecule has 0 fully saturated rings. The molecule has 0 aromatic heterocycles. The van der Waals surface area contributed by atoms with Crippen molar-refractivity contribution in [3.05, 3.63) is 65.2 Å². The normalized spacial score (nSPS) is 13.3. The first kappa shape index (κ1) is 14.4. The summed E-state index contributed by atoms with van der Waals surface area (Å²) in [6.07, 6.45) is 2.40. The van der Waals surface area contributed by atoms with Gasteiger partial charge in [-0.2, -0.15) is 0 Å². The number of ether oxygens (including phenoxy) is 2. The van der Waals surface area contributed by atoms with Crippen LogP contribution in [-0.4, -0.2) is 12.6 Å². The first-order valence-corrected chi connectivity index (χ1v) is 7.29. The SMILES string of the molecule is CC(=O)/C=C(/Cc1ccc2c(c1)OCO2)c1ccccc1C. The van der Waals surface area contributed by atoms with E-state index in [1.165, 1.54) is 0 Å². The summed E-state index contributed by atoms with van der Waals surface area (Å²) in [6, 6.07) is 14.0. The van der Waals surface area contributed by atoms with E-state index in [2.05, 4.69) is 19.1 Å². The molecule has 112 valence electrons. The zero-order chi connectivity index (χ0) is 15.5. The summed E-state index contributed by atoms with van der Waals surface area (Å²) in [5, 5.41) is 0. The standard InChI is InChI=1S/C19H18O3/c1-13-5-3-4-6-17(13)16(9-14(2)20)10-15-7-8-18-19(11-15)22-12-21-18/h3-9,11H,10,12H2,1-2H3/b16-9-. The second-order valence-corrected chi connectivity index (χ2v) is 5.46. The molecule has 3 nitrogen and oxygen atoms in total. The lowest BCUT2D eigenvalue weighted by atomic mass is 9.94. The first-order chi connectivity index (χ1) is 10.6. The maximum atomic E-state index is 11.6. The average molecular weight is 294 g/mol. The third-order valence-electron chi connectivity index (χ3n) is 3.70. The van der Waals surface area contributed by atoms with Crippen LogP contribution in [-0.2, 0) is 11.2 Å². The van der Waals surface area contributed by atoms with Gasteiger partial charge in [-0.15, -0.1) is 0 Å². The van der Waals surface area contributed by atoms with Gasteiger partial charge in [0.2, 0.25) is 6.79 Å². The highest BCUT2D eigenvalue weighted by Crippen LogP contribution is 2.34. The largest absolute Gasteiger partial charge is 0.454 e. The van der Waals surface area contributed by atoms with Gasteiger partial charge in [0.25, 0.3) is 0 Å². The van der Waals surface area contributed by atoms with Gasteiger partial charge in [0, 0.05) is 0 Å². The number of hydrogen-bond acceptors (Lipinski definition) is 3. The van der Waals surface area contributed by atoms with Gasteiger partial charge in [0.1, 0.15) is 0 Å². The quantitative estimate of drug-likeness (QED) is 0.801. The van der Waals surface area contributed by atoms with Crippen LogP contribution in [0.25, 0.3) is 5.57 Å². The Balaban J connectivity index is 1.95. The van der Waals surface area contributed by atoms with Gasteiger partial charge in [0.05, 0.1) is 0 Å². The number of ketones is 1. The highest BCUT2D eigenvalue weighted by Gasteiger charge is 2.14. The molecule has 2 aromatic rings. The van der Waals surface area contributed by atoms with E-state index in [1.54, 1.807) is 13.0 Å². The Hall–Kier alpha value is -2.55. The van der Waals surface area contributed by atoms with Crippen molar-refractivity contribution >= 4 is 11.4 Å². The van der Waals surface area contributed by atoms with E-state index >= 15 is 0 Å². The van der Waals surface area contributed by atoms with E-state index in [-0.39, 0.29) is 12.6 Å². The predicted molar refractivity (Wildman–Crippen MR) is 86.1 cm³/mol. The lowest BCUT2D eigenvalue weighted by molar-refractivity contribution is -0.112. The Bertz CT molecular complexity index is 744. The molecule has 0 radical (unpaired) electrons. The van der Waals surface area contributed by atoms with Crippen molar-refractivity contribution in [2.24, 2.45) is 0 Å². The van der Waals surface area contributed by atoms with Crippen molar-refractivity contribution in [2.45, 2.75) is 20.3 Å². The molecule has 0 saturated carbocycles. The fourth-order valence-electron chi connectivity index (χ4n) is 2.67. The summed E-state index contributed by atoms with van der Waals surface area (Å²) in [4.78, 5) is 11.6. The van der Waals surface area contributed by atoms with E-state index in [1.807, 2.05) is 30.3 Å². The van der Waals surface area contributed by atoms with Crippen LogP contribution < -0.4 is 9.47 Å². The molecule has 3 heteroatoms. The zero-order valence-electron chi connectivity index (χ0n) is 12.8. The molecule has 3 rings (SSSR count). The fraction of sp³-hybridized carbons (Fsp3) is 0.211. The summed E-state index contributed by atoms with van der Waals surface area (Å²) < 4.78 is 10.8. The van der Waals surface area contributed by atoms with Crippen molar-refractivity contribution in [2.75, 3.05) is 6.79 Å². The van der Waals surface area contributed by atoms with Gasteiger partial charge in [-0.05, 0) is 60.7 Å². The van der Waals surface area contributed by atoms with Crippen LogP contribution >= 0.6 is 0 Å². The molecular weight excluding hydrogens is 276 g/mol. The second kappa shape index (κ2) is 6.06. The molecule has 0 spiro atoms. The van der Waals surface area contributed by atoms with Crippen molar-refractivity contribution in [3.63, 3.8) is 0 Å². The Morgan fingerprint density at radius 3 is 2.68 bits per heavy atom. The molecule has 2 aromatic carbocycles. The molecule has 0 N–H and O–H groups in total. The summed E-state index contributed by atoms with van der Waals surface area (Å²) in [5.41, 5.74) is 4.38. The lowest BCUT2D eigenvalue weighted by Crippen LogP contribution is -1.97. The minimum atomic E-state index is 0.0546. The van der Waals surface area contributed by atoms with Gasteiger partial charge < -0.3 is 9.47 Å². The van der Waals surface area contributed by atoms with Crippen LogP contribution in [0.1, 0.15) is 23.6 Å². The third kappa shape index (κ3) is 3.03. The van der Waals surface area contributed by atoms with Gasteiger partial charge >= 0.3 is 0 Å². The Labute approximate surface area is 130 Å². The highest BCUT2D eigenvalue weighted by molar-refractivity contribution is 5.95. The van der Waals surface area contributed by atoms with Crippen molar-refractivity contribution in [1.29, 1.82) is 0 Å². The molecule has 0 atom stereocenters. The molecular formula is C19H18O3. The number of carbonyl (C=O) groups is 1. The second-order valence-electron chi connectivity index (χ2n) is 5.46. The molecule has 1 aliphatic rings.